The van der Waals surface area contributed by atoms with E-state index in [1.165, 1.54) is 18.6 Å². The van der Waals surface area contributed by atoms with Crippen LogP contribution in [0.5, 0.6) is 0 Å². The minimum absolute atomic E-state index is 0.190. The zero-order chi connectivity index (χ0) is 19.4. The molecule has 1 spiro atoms. The Morgan fingerprint density at radius 1 is 1.11 bits per heavy atom. The second-order valence-corrected chi connectivity index (χ2v) is 8.20. The molecular formula is C22H27FN4O. The third-order valence-corrected chi connectivity index (χ3v) is 6.06. The number of amides is 1. The molecule has 0 bridgehead atoms. The SMILES string of the molecule is O=C(CCc1cnccn1)N1CC[C@@]2(CCCN(Cc3ccc(F)cc3)C2)C1. The summed E-state index contributed by atoms with van der Waals surface area (Å²) in [6.07, 6.45) is 9.60. The van der Waals surface area contributed by atoms with E-state index in [2.05, 4.69) is 14.9 Å². The summed E-state index contributed by atoms with van der Waals surface area (Å²) in [4.78, 5) is 25.5. The molecule has 0 unspecified atom stereocenters. The van der Waals surface area contributed by atoms with Crippen LogP contribution < -0.4 is 0 Å². The normalized spacial score (nSPS) is 22.7. The Labute approximate surface area is 165 Å². The van der Waals surface area contributed by atoms with Crippen LogP contribution in [-0.4, -0.2) is 51.9 Å². The lowest BCUT2D eigenvalue weighted by molar-refractivity contribution is -0.130. The molecular weight excluding hydrogens is 355 g/mol. The minimum atomic E-state index is -0.190. The van der Waals surface area contributed by atoms with Crippen molar-refractivity contribution in [2.45, 2.75) is 38.6 Å². The summed E-state index contributed by atoms with van der Waals surface area (Å²) in [5.41, 5.74) is 2.22. The predicted molar refractivity (Wildman–Crippen MR) is 105 cm³/mol. The standard InChI is InChI=1S/C22H27FN4O/c23-19-4-2-18(3-5-19)15-26-12-1-8-22(16-26)9-13-27(17-22)21(28)7-6-20-14-24-10-11-25-20/h2-5,10-11,14H,1,6-9,12-13,15-17H2/t22-/m1/s1. The number of benzene rings is 1. The Kier molecular flexibility index (Phi) is 5.67. The van der Waals surface area contributed by atoms with Gasteiger partial charge in [-0.05, 0) is 49.9 Å². The molecule has 148 valence electrons. The van der Waals surface area contributed by atoms with Crippen LogP contribution in [0.3, 0.4) is 0 Å². The zero-order valence-corrected chi connectivity index (χ0v) is 16.2. The highest BCUT2D eigenvalue weighted by molar-refractivity contribution is 5.76. The van der Waals surface area contributed by atoms with Crippen LogP contribution >= 0.6 is 0 Å². The van der Waals surface area contributed by atoms with Gasteiger partial charge in [0.25, 0.3) is 0 Å². The Hall–Kier alpha value is -2.34. The van der Waals surface area contributed by atoms with Gasteiger partial charge < -0.3 is 4.90 Å². The lowest BCUT2D eigenvalue weighted by Gasteiger charge is -2.40. The number of nitrogens with zero attached hydrogens (tertiary/aromatic N) is 4. The Morgan fingerprint density at radius 3 is 2.75 bits per heavy atom. The van der Waals surface area contributed by atoms with Crippen molar-refractivity contribution in [1.82, 2.24) is 19.8 Å². The number of aryl methyl sites for hydroxylation is 1. The van der Waals surface area contributed by atoms with Crippen molar-refractivity contribution >= 4 is 5.91 Å². The Morgan fingerprint density at radius 2 is 1.96 bits per heavy atom. The number of hydrogen-bond donors (Lipinski definition) is 0. The van der Waals surface area contributed by atoms with E-state index in [1.807, 2.05) is 17.0 Å². The van der Waals surface area contributed by atoms with Gasteiger partial charge in [-0.1, -0.05) is 12.1 Å². The summed E-state index contributed by atoms with van der Waals surface area (Å²) in [7, 11) is 0. The first kappa shape index (κ1) is 19.0. The van der Waals surface area contributed by atoms with Gasteiger partial charge in [0.2, 0.25) is 5.91 Å². The van der Waals surface area contributed by atoms with Crippen LogP contribution in [0.1, 0.15) is 36.9 Å². The van der Waals surface area contributed by atoms with Crippen LogP contribution in [0.15, 0.2) is 42.9 Å². The molecule has 0 saturated carbocycles. The quantitative estimate of drug-likeness (QED) is 0.798. The van der Waals surface area contributed by atoms with Crippen LogP contribution in [-0.2, 0) is 17.8 Å². The summed E-state index contributed by atoms with van der Waals surface area (Å²) >= 11 is 0. The van der Waals surface area contributed by atoms with E-state index in [9.17, 15) is 9.18 Å². The summed E-state index contributed by atoms with van der Waals surface area (Å²) in [6.45, 7) is 4.64. The van der Waals surface area contributed by atoms with Gasteiger partial charge >= 0.3 is 0 Å². The van der Waals surface area contributed by atoms with Gasteiger partial charge in [-0.2, -0.15) is 0 Å². The Bertz CT molecular complexity index is 798. The molecule has 28 heavy (non-hydrogen) atoms. The number of likely N-dealkylation sites (tertiary alicyclic amines) is 2. The highest BCUT2D eigenvalue weighted by Crippen LogP contribution is 2.39. The molecule has 2 fully saturated rings. The first-order chi connectivity index (χ1) is 13.6. The molecule has 0 radical (unpaired) electrons. The minimum Gasteiger partial charge on any atom is -0.342 e. The van der Waals surface area contributed by atoms with Crippen molar-refractivity contribution in [3.05, 3.63) is 59.9 Å². The van der Waals surface area contributed by atoms with Gasteiger partial charge in [0.15, 0.2) is 0 Å². The fourth-order valence-corrected chi connectivity index (χ4v) is 4.63. The average molecular weight is 382 g/mol. The van der Waals surface area contributed by atoms with E-state index in [1.54, 1.807) is 18.6 Å². The van der Waals surface area contributed by atoms with E-state index in [0.29, 0.717) is 12.8 Å². The number of halogens is 1. The van der Waals surface area contributed by atoms with Crippen molar-refractivity contribution in [2.75, 3.05) is 26.2 Å². The molecule has 4 rings (SSSR count). The topological polar surface area (TPSA) is 49.3 Å². The summed E-state index contributed by atoms with van der Waals surface area (Å²) in [5.74, 6) is 0.0310. The van der Waals surface area contributed by atoms with E-state index in [0.717, 1.165) is 56.8 Å². The second kappa shape index (κ2) is 8.35. The summed E-state index contributed by atoms with van der Waals surface area (Å²) in [6, 6.07) is 6.80. The molecule has 2 saturated heterocycles. The maximum atomic E-state index is 13.1. The molecule has 1 atom stereocenters. The smallest absolute Gasteiger partial charge is 0.222 e. The third kappa shape index (κ3) is 4.55. The van der Waals surface area contributed by atoms with E-state index < -0.39 is 0 Å². The van der Waals surface area contributed by atoms with Gasteiger partial charge in [0, 0.05) is 56.6 Å². The second-order valence-electron chi connectivity index (χ2n) is 8.20. The molecule has 2 aliphatic rings. The van der Waals surface area contributed by atoms with E-state index in [-0.39, 0.29) is 17.1 Å². The first-order valence-electron chi connectivity index (χ1n) is 10.1. The molecule has 6 heteroatoms. The molecule has 1 amide bonds. The number of rotatable bonds is 5. The van der Waals surface area contributed by atoms with Gasteiger partial charge in [-0.15, -0.1) is 0 Å². The monoisotopic (exact) mass is 382 g/mol. The summed E-state index contributed by atoms with van der Waals surface area (Å²) < 4.78 is 13.1. The third-order valence-electron chi connectivity index (χ3n) is 6.06. The molecule has 2 aliphatic heterocycles. The molecule has 5 nitrogen and oxygen atoms in total. The van der Waals surface area contributed by atoms with Gasteiger partial charge in [0.1, 0.15) is 5.82 Å². The van der Waals surface area contributed by atoms with Gasteiger partial charge in [-0.3, -0.25) is 19.7 Å². The lowest BCUT2D eigenvalue weighted by atomic mass is 9.79. The molecule has 1 aromatic carbocycles. The highest BCUT2D eigenvalue weighted by Gasteiger charge is 2.42. The fraction of sp³-hybridized carbons (Fsp3) is 0.500. The lowest BCUT2D eigenvalue weighted by Crippen LogP contribution is -2.45. The highest BCUT2D eigenvalue weighted by atomic mass is 19.1. The van der Waals surface area contributed by atoms with Crippen LogP contribution in [0.2, 0.25) is 0 Å². The molecule has 0 aliphatic carbocycles. The van der Waals surface area contributed by atoms with Crippen LogP contribution in [0.4, 0.5) is 4.39 Å². The van der Waals surface area contributed by atoms with Crippen LogP contribution in [0, 0.1) is 11.2 Å². The van der Waals surface area contributed by atoms with Crippen molar-refractivity contribution in [3.63, 3.8) is 0 Å². The van der Waals surface area contributed by atoms with Gasteiger partial charge in [-0.25, -0.2) is 4.39 Å². The van der Waals surface area contributed by atoms with Crippen molar-refractivity contribution in [3.8, 4) is 0 Å². The molecule has 3 heterocycles. The maximum absolute atomic E-state index is 13.1. The van der Waals surface area contributed by atoms with Gasteiger partial charge in [0.05, 0.1) is 5.69 Å². The fourth-order valence-electron chi connectivity index (χ4n) is 4.63. The number of carbonyl (C=O) groups is 1. The zero-order valence-electron chi connectivity index (χ0n) is 16.2. The molecule has 0 N–H and O–H groups in total. The molecule has 1 aromatic heterocycles. The maximum Gasteiger partial charge on any atom is 0.222 e. The number of piperidine rings is 1. The van der Waals surface area contributed by atoms with Crippen molar-refractivity contribution in [1.29, 1.82) is 0 Å². The van der Waals surface area contributed by atoms with Crippen molar-refractivity contribution in [2.24, 2.45) is 5.41 Å². The first-order valence-corrected chi connectivity index (χ1v) is 10.1. The average Bonchev–Trinajstić information content (AvgIpc) is 3.12. The summed E-state index contributed by atoms with van der Waals surface area (Å²) in [5, 5.41) is 0. The number of hydrogen-bond acceptors (Lipinski definition) is 4. The van der Waals surface area contributed by atoms with Crippen LogP contribution in [0.25, 0.3) is 0 Å². The molecule has 2 aromatic rings. The number of aromatic nitrogens is 2. The van der Waals surface area contributed by atoms with E-state index >= 15 is 0 Å². The number of carbonyl (C=O) groups excluding carboxylic acids is 1. The Balaban J connectivity index is 1.31. The van der Waals surface area contributed by atoms with Crippen molar-refractivity contribution < 1.29 is 9.18 Å². The predicted octanol–water partition coefficient (Wildman–Crippen LogP) is 3.06. The van der Waals surface area contributed by atoms with E-state index in [4.69, 9.17) is 0 Å². The largest absolute Gasteiger partial charge is 0.342 e.